The predicted molar refractivity (Wildman–Crippen MR) is 184 cm³/mol. The average Bonchev–Trinajstić information content (AvgIpc) is 3.58. The third kappa shape index (κ3) is 11.7. The van der Waals surface area contributed by atoms with Crippen molar-refractivity contribution in [2.75, 3.05) is 13.1 Å². The summed E-state index contributed by atoms with van der Waals surface area (Å²) in [5.41, 5.74) is -1.18. The molecular weight excluding hydrogens is 650 g/mol. The number of likely N-dealkylation sites (tertiary alicyclic amines) is 2. The van der Waals surface area contributed by atoms with Crippen molar-refractivity contribution in [2.24, 2.45) is 11.8 Å². The summed E-state index contributed by atoms with van der Waals surface area (Å²) in [6, 6.07) is -5.42. The van der Waals surface area contributed by atoms with Crippen molar-refractivity contribution in [1.82, 2.24) is 25.8 Å². The molecule has 0 saturated carbocycles. The molecule has 0 aromatic heterocycles. The van der Waals surface area contributed by atoms with Crippen molar-refractivity contribution in [3.63, 3.8) is 0 Å². The summed E-state index contributed by atoms with van der Waals surface area (Å²) in [5, 5.41) is 17.3. The second-order valence-corrected chi connectivity index (χ2v) is 16.0. The smallest absolute Gasteiger partial charge is 0.374 e. The molecule has 0 unspecified atom stereocenters. The molecule has 50 heavy (non-hydrogen) atoms. The second kappa shape index (κ2) is 17.1. The number of rotatable bonds is 14. The van der Waals surface area contributed by atoms with Crippen LogP contribution in [0, 0.1) is 11.8 Å². The van der Waals surface area contributed by atoms with E-state index < -0.39 is 94.9 Å². The van der Waals surface area contributed by atoms with Gasteiger partial charge in [0.15, 0.2) is 0 Å². The molecule has 5 amide bonds. The first-order valence-corrected chi connectivity index (χ1v) is 17.5. The van der Waals surface area contributed by atoms with Gasteiger partial charge in [0, 0.05) is 32.9 Å². The van der Waals surface area contributed by atoms with Crippen LogP contribution in [0.5, 0.6) is 0 Å². The molecule has 7 atom stereocenters. The molecule has 0 aliphatic carbocycles. The van der Waals surface area contributed by atoms with Crippen LogP contribution in [0.4, 0.5) is 0 Å². The number of hydrogen-bond acceptors (Lipinski definition) is 9. The van der Waals surface area contributed by atoms with Crippen molar-refractivity contribution in [3.05, 3.63) is 0 Å². The Hall–Kier alpha value is -3.59. The maximum Gasteiger partial charge on any atom is 0.374 e. The minimum atomic E-state index is -1.68. The number of ketones is 1. The summed E-state index contributed by atoms with van der Waals surface area (Å²) < 4.78 is 12.3. The first-order valence-electron chi connectivity index (χ1n) is 17.5. The van der Waals surface area contributed by atoms with Crippen molar-refractivity contribution in [1.29, 1.82) is 0 Å². The number of Topliss-reactive ketones (excluding diaryl/α,β-unsaturated/α-hetero) is 1. The van der Waals surface area contributed by atoms with Gasteiger partial charge in [-0.25, -0.2) is 4.79 Å². The van der Waals surface area contributed by atoms with Crippen LogP contribution >= 0.6 is 0 Å². The van der Waals surface area contributed by atoms with E-state index in [4.69, 9.17) is 9.47 Å². The minimum absolute atomic E-state index is 0.0132. The van der Waals surface area contributed by atoms with E-state index in [-0.39, 0.29) is 44.2 Å². The first-order chi connectivity index (χ1) is 22.9. The molecule has 2 rings (SSSR count). The molecule has 0 spiro atoms. The van der Waals surface area contributed by atoms with Crippen LogP contribution in [0.2, 0.25) is 0 Å². The van der Waals surface area contributed by atoms with Crippen LogP contribution in [0.15, 0.2) is 0 Å². The zero-order chi connectivity index (χ0) is 38.5. The van der Waals surface area contributed by atoms with Gasteiger partial charge in [-0.05, 0) is 59.8 Å². The fourth-order valence-corrected chi connectivity index (χ4v) is 6.37. The molecule has 15 heteroatoms. The zero-order valence-electron chi connectivity index (χ0n) is 31.7. The van der Waals surface area contributed by atoms with E-state index >= 15 is 0 Å². The van der Waals surface area contributed by atoms with Crippen LogP contribution in [0.1, 0.15) is 102 Å². The SMILES string of the molecule is CC[C@H](NC(=O)[C@@H]1C[C@@H](OC(C)(C)C)CN1C(=O)[C@@H](NC(=O)[C@@H]1C[C@@H](OC(C)(C)C)CN1C(=O)[C@@H](NC(C)=O)C(C)C)C(C)C)C(=O)C(=O)O. The number of carboxylic acid groups (broad SMARTS) is 1. The van der Waals surface area contributed by atoms with E-state index in [0.717, 1.165) is 0 Å². The third-order valence-corrected chi connectivity index (χ3v) is 8.51. The highest BCUT2D eigenvalue weighted by atomic mass is 16.5. The molecule has 0 aromatic carbocycles. The molecule has 15 nitrogen and oxygen atoms in total. The Morgan fingerprint density at radius 1 is 0.700 bits per heavy atom. The molecule has 2 heterocycles. The Balaban J connectivity index is 2.44. The summed E-state index contributed by atoms with van der Waals surface area (Å²) in [6.07, 6.45) is -0.781. The highest BCUT2D eigenvalue weighted by molar-refractivity contribution is 6.35. The highest BCUT2D eigenvalue weighted by Gasteiger charge is 2.48. The number of carbonyl (C=O) groups is 7. The van der Waals surface area contributed by atoms with E-state index in [2.05, 4.69) is 16.0 Å². The molecule has 284 valence electrons. The summed E-state index contributed by atoms with van der Waals surface area (Å²) in [7, 11) is 0. The number of ether oxygens (including phenoxy) is 2. The fourth-order valence-electron chi connectivity index (χ4n) is 6.37. The molecule has 2 saturated heterocycles. The van der Waals surface area contributed by atoms with Crippen LogP contribution < -0.4 is 16.0 Å². The minimum Gasteiger partial charge on any atom is -0.475 e. The average molecular weight is 710 g/mol. The topological polar surface area (TPSA) is 201 Å². The Morgan fingerprint density at radius 3 is 1.40 bits per heavy atom. The van der Waals surface area contributed by atoms with Crippen molar-refractivity contribution in [2.45, 2.75) is 156 Å². The maximum absolute atomic E-state index is 14.3. The molecule has 2 fully saturated rings. The van der Waals surface area contributed by atoms with Gasteiger partial charge in [-0.3, -0.25) is 28.8 Å². The monoisotopic (exact) mass is 709 g/mol. The quantitative estimate of drug-likeness (QED) is 0.191. The standard InChI is InChI=1S/C35H59N5O10/c1-13-23(28(42)33(47)48)37-29(43)24-14-21(49-34(7,8)9)16-39(24)32(46)27(19(4)5)38-30(44)25-15-22(50-35(10,11)12)17-40(25)31(45)26(18(2)3)36-20(6)41/h18-19,21-27H,13-17H2,1-12H3,(H,36,41)(H,37,43)(H,38,44)(H,47,48)/t21-,22-,23+,24+,25+,26+,27+/m1/s1. The number of carboxylic acids is 1. The van der Waals surface area contributed by atoms with Gasteiger partial charge in [0.2, 0.25) is 29.5 Å². The van der Waals surface area contributed by atoms with Gasteiger partial charge in [-0.1, -0.05) is 34.6 Å². The summed E-state index contributed by atoms with van der Waals surface area (Å²) >= 11 is 0. The van der Waals surface area contributed by atoms with Gasteiger partial charge in [0.05, 0.1) is 29.5 Å². The number of carbonyl (C=O) groups excluding carboxylic acids is 6. The lowest BCUT2D eigenvalue weighted by atomic mass is 10.00. The predicted octanol–water partition coefficient (Wildman–Crippen LogP) is 1.41. The summed E-state index contributed by atoms with van der Waals surface area (Å²) in [6.45, 7) is 21.2. The van der Waals surface area contributed by atoms with Gasteiger partial charge in [0.25, 0.3) is 5.78 Å². The van der Waals surface area contributed by atoms with E-state index in [9.17, 15) is 38.7 Å². The molecular formula is C35H59N5O10. The van der Waals surface area contributed by atoms with E-state index in [0.29, 0.717) is 0 Å². The summed E-state index contributed by atoms with van der Waals surface area (Å²) in [5.74, 6) is -6.27. The van der Waals surface area contributed by atoms with E-state index in [1.807, 2.05) is 41.5 Å². The lowest BCUT2D eigenvalue weighted by Crippen LogP contribution is -2.60. The Bertz CT molecular complexity index is 1290. The van der Waals surface area contributed by atoms with Gasteiger partial charge >= 0.3 is 5.97 Å². The van der Waals surface area contributed by atoms with Crippen molar-refractivity contribution in [3.8, 4) is 0 Å². The van der Waals surface area contributed by atoms with Crippen LogP contribution in [-0.2, 0) is 43.0 Å². The molecule has 2 aliphatic rings. The van der Waals surface area contributed by atoms with Gasteiger partial charge < -0.3 is 40.3 Å². The van der Waals surface area contributed by atoms with Gasteiger partial charge in [0.1, 0.15) is 24.2 Å². The number of amides is 5. The third-order valence-electron chi connectivity index (χ3n) is 8.51. The molecule has 0 bridgehead atoms. The lowest BCUT2D eigenvalue weighted by molar-refractivity contribution is -0.151. The van der Waals surface area contributed by atoms with Crippen molar-refractivity contribution >= 4 is 41.3 Å². The molecule has 0 radical (unpaired) electrons. The molecule has 4 N–H and O–H groups in total. The number of nitrogens with zero attached hydrogens (tertiary/aromatic N) is 2. The highest BCUT2D eigenvalue weighted by Crippen LogP contribution is 2.29. The van der Waals surface area contributed by atoms with Crippen LogP contribution in [0.25, 0.3) is 0 Å². The number of nitrogens with one attached hydrogen (secondary N) is 3. The van der Waals surface area contributed by atoms with Gasteiger partial charge in [-0.15, -0.1) is 0 Å². The largest absolute Gasteiger partial charge is 0.475 e. The first kappa shape index (κ1) is 42.6. The molecule has 2 aliphatic heterocycles. The van der Waals surface area contributed by atoms with Crippen molar-refractivity contribution < 1.29 is 48.1 Å². The van der Waals surface area contributed by atoms with E-state index in [1.165, 1.54) is 16.7 Å². The zero-order valence-corrected chi connectivity index (χ0v) is 31.7. The molecule has 0 aromatic rings. The lowest BCUT2D eigenvalue weighted by Gasteiger charge is -2.33. The number of hydrogen-bond donors (Lipinski definition) is 4. The van der Waals surface area contributed by atoms with Crippen LogP contribution in [0.3, 0.4) is 0 Å². The number of aliphatic carboxylic acids is 1. The Morgan fingerprint density at radius 2 is 1.08 bits per heavy atom. The summed E-state index contributed by atoms with van der Waals surface area (Å²) in [4.78, 5) is 94.1. The maximum atomic E-state index is 14.3. The second-order valence-electron chi connectivity index (χ2n) is 16.0. The fraction of sp³-hybridized carbons (Fsp3) is 0.800. The van der Waals surface area contributed by atoms with Crippen LogP contribution in [-0.4, -0.2) is 123 Å². The van der Waals surface area contributed by atoms with Gasteiger partial charge in [-0.2, -0.15) is 0 Å². The normalized spacial score (nSPS) is 23.0. The Labute approximate surface area is 295 Å². The Kier molecular flexibility index (Phi) is 14.5. The van der Waals surface area contributed by atoms with E-state index in [1.54, 1.807) is 34.6 Å².